The molecule has 9 nitrogen and oxygen atoms in total. The third-order valence-electron chi connectivity index (χ3n) is 2.96. The Kier molecular flexibility index (Phi) is 4.13. The van der Waals surface area contributed by atoms with Gasteiger partial charge in [-0.15, -0.1) is 5.10 Å². The maximum absolute atomic E-state index is 12.2. The molecule has 3 aromatic rings. The Morgan fingerprint density at radius 3 is 2.62 bits per heavy atom. The number of amides is 1. The first kappa shape index (κ1) is 15.9. The fraction of sp³-hybridized carbons (Fsp3) is 0.143. The summed E-state index contributed by atoms with van der Waals surface area (Å²) >= 11 is 0. The maximum atomic E-state index is 12.2. The Morgan fingerprint density at radius 2 is 1.96 bits per heavy atom. The summed E-state index contributed by atoms with van der Waals surface area (Å²) in [6, 6.07) is 9.11. The molecule has 3 rings (SSSR count). The highest BCUT2D eigenvalue weighted by Crippen LogP contribution is 2.17. The van der Waals surface area contributed by atoms with E-state index in [1.54, 1.807) is 25.1 Å². The summed E-state index contributed by atoms with van der Waals surface area (Å²) in [5.74, 6) is -0.734. The molecule has 2 heterocycles. The van der Waals surface area contributed by atoms with Crippen molar-refractivity contribution in [2.75, 3.05) is 5.32 Å². The number of rotatable bonds is 5. The quantitative estimate of drug-likeness (QED) is 0.736. The van der Waals surface area contributed by atoms with Crippen LogP contribution < -0.4 is 5.32 Å². The van der Waals surface area contributed by atoms with Gasteiger partial charge in [-0.1, -0.05) is 28.5 Å². The molecule has 1 aromatic carbocycles. The number of sulfone groups is 1. The van der Waals surface area contributed by atoms with E-state index in [4.69, 9.17) is 8.94 Å². The van der Waals surface area contributed by atoms with Gasteiger partial charge < -0.3 is 8.94 Å². The molecule has 0 bridgehead atoms. The third kappa shape index (κ3) is 3.49. The number of nitrogens with zero attached hydrogens (tertiary/aromatic N) is 3. The molecule has 0 saturated heterocycles. The molecule has 0 aliphatic heterocycles. The van der Waals surface area contributed by atoms with Crippen LogP contribution in [-0.4, -0.2) is 29.7 Å². The van der Waals surface area contributed by atoms with Gasteiger partial charge in [0.15, 0.2) is 15.5 Å². The predicted molar refractivity (Wildman–Crippen MR) is 80.8 cm³/mol. The van der Waals surface area contributed by atoms with Crippen LogP contribution in [0.15, 0.2) is 50.2 Å². The number of hydrogen-bond acceptors (Lipinski definition) is 8. The number of aryl methyl sites for hydroxylation is 1. The van der Waals surface area contributed by atoms with E-state index >= 15 is 0 Å². The Morgan fingerprint density at radius 1 is 1.21 bits per heavy atom. The van der Waals surface area contributed by atoms with Gasteiger partial charge in [-0.05, 0) is 19.1 Å². The molecule has 1 amide bonds. The lowest BCUT2D eigenvalue weighted by Gasteiger charge is -2.00. The van der Waals surface area contributed by atoms with Gasteiger partial charge in [0.05, 0.1) is 4.90 Å². The zero-order chi connectivity index (χ0) is 17.2. The number of anilines is 1. The summed E-state index contributed by atoms with van der Waals surface area (Å²) < 4.78 is 34.4. The van der Waals surface area contributed by atoms with Crippen LogP contribution in [0, 0.1) is 6.92 Å². The van der Waals surface area contributed by atoms with Gasteiger partial charge in [0, 0.05) is 6.07 Å². The van der Waals surface area contributed by atoms with Gasteiger partial charge in [0.25, 0.3) is 5.91 Å². The highest BCUT2D eigenvalue weighted by atomic mass is 32.2. The highest BCUT2D eigenvalue weighted by molar-refractivity contribution is 7.90. The first-order chi connectivity index (χ1) is 11.4. The molecule has 2 aromatic heterocycles. The normalized spacial score (nSPS) is 11.4. The van der Waals surface area contributed by atoms with Gasteiger partial charge in [-0.25, -0.2) is 8.42 Å². The number of nitrogens with one attached hydrogen (secondary N) is 1. The number of carbonyl (C=O) groups is 1. The molecule has 10 heteroatoms. The predicted octanol–water partition coefficient (Wildman–Crippen LogP) is 1.59. The van der Waals surface area contributed by atoms with Crippen LogP contribution in [0.4, 0.5) is 6.01 Å². The molecule has 0 aliphatic rings. The van der Waals surface area contributed by atoms with Gasteiger partial charge in [-0.3, -0.25) is 10.1 Å². The third-order valence-corrected chi connectivity index (χ3v) is 4.58. The molecule has 0 atom stereocenters. The van der Waals surface area contributed by atoms with E-state index < -0.39 is 21.5 Å². The first-order valence-corrected chi connectivity index (χ1v) is 8.44. The van der Waals surface area contributed by atoms with Gasteiger partial charge in [-0.2, -0.15) is 0 Å². The molecular weight excluding hydrogens is 336 g/mol. The van der Waals surface area contributed by atoms with E-state index in [0.29, 0.717) is 5.76 Å². The van der Waals surface area contributed by atoms with Crippen molar-refractivity contribution >= 4 is 21.8 Å². The minimum Gasteiger partial charge on any atom is -0.407 e. The number of benzene rings is 1. The van der Waals surface area contributed by atoms with Crippen molar-refractivity contribution in [3.8, 4) is 0 Å². The number of hydrogen-bond donors (Lipinski definition) is 1. The van der Waals surface area contributed by atoms with E-state index in [9.17, 15) is 13.2 Å². The van der Waals surface area contributed by atoms with E-state index in [2.05, 4.69) is 20.7 Å². The molecule has 1 N–H and O–H groups in total. The SMILES string of the molecule is Cc1cc(C(=O)Nc2nnc(CS(=O)(=O)c3ccccc3)o2)no1. The molecule has 0 radical (unpaired) electrons. The van der Waals surface area contributed by atoms with E-state index in [-0.39, 0.29) is 22.5 Å². The van der Waals surface area contributed by atoms with Crippen molar-refractivity contribution < 1.29 is 22.2 Å². The van der Waals surface area contributed by atoms with Crippen LogP contribution >= 0.6 is 0 Å². The van der Waals surface area contributed by atoms with Crippen LogP contribution in [0.3, 0.4) is 0 Å². The zero-order valence-corrected chi connectivity index (χ0v) is 13.3. The lowest BCUT2D eigenvalue weighted by atomic mass is 10.3. The summed E-state index contributed by atoms with van der Waals surface area (Å²) in [6.07, 6.45) is 0. The summed E-state index contributed by atoms with van der Waals surface area (Å²) in [6.45, 7) is 1.64. The average molecular weight is 348 g/mol. The standard InChI is InChI=1S/C14H12N4O5S/c1-9-7-11(18-23-9)13(19)15-14-17-16-12(22-14)8-24(20,21)10-5-3-2-4-6-10/h2-7H,8H2,1H3,(H,15,17,19). The van der Waals surface area contributed by atoms with Crippen LogP contribution in [0.2, 0.25) is 0 Å². The van der Waals surface area contributed by atoms with E-state index in [1.165, 1.54) is 18.2 Å². The van der Waals surface area contributed by atoms with Crippen LogP contribution in [-0.2, 0) is 15.6 Å². The maximum Gasteiger partial charge on any atom is 0.322 e. The minimum atomic E-state index is -3.61. The van der Waals surface area contributed by atoms with Crippen molar-refractivity contribution in [3.63, 3.8) is 0 Å². The molecule has 124 valence electrons. The van der Waals surface area contributed by atoms with Gasteiger partial charge in [0.2, 0.25) is 5.89 Å². The zero-order valence-electron chi connectivity index (χ0n) is 12.5. The molecule has 24 heavy (non-hydrogen) atoms. The van der Waals surface area contributed by atoms with Crippen molar-refractivity contribution in [1.29, 1.82) is 0 Å². The summed E-state index contributed by atoms with van der Waals surface area (Å²) in [5, 5.41) is 13.1. The Balaban J connectivity index is 1.71. The Labute approximate surface area is 136 Å². The van der Waals surface area contributed by atoms with Crippen molar-refractivity contribution in [2.45, 2.75) is 17.6 Å². The molecule has 0 spiro atoms. The fourth-order valence-corrected chi connectivity index (χ4v) is 3.05. The molecular formula is C14H12N4O5S. The van der Waals surface area contributed by atoms with Gasteiger partial charge in [0.1, 0.15) is 11.5 Å². The Bertz CT molecular complexity index is 962. The number of aromatic nitrogens is 3. The summed E-state index contributed by atoms with van der Waals surface area (Å²) in [5.41, 5.74) is 0.0455. The van der Waals surface area contributed by atoms with E-state index in [1.807, 2.05) is 0 Å². The van der Waals surface area contributed by atoms with Crippen molar-refractivity contribution in [2.24, 2.45) is 0 Å². The molecule has 0 saturated carbocycles. The van der Waals surface area contributed by atoms with Crippen molar-refractivity contribution in [3.05, 3.63) is 53.7 Å². The second kappa shape index (κ2) is 6.24. The fourth-order valence-electron chi connectivity index (χ4n) is 1.87. The second-order valence-electron chi connectivity index (χ2n) is 4.85. The first-order valence-electron chi connectivity index (χ1n) is 6.79. The van der Waals surface area contributed by atoms with Crippen LogP contribution in [0.1, 0.15) is 22.1 Å². The average Bonchev–Trinajstić information content (AvgIpc) is 3.17. The van der Waals surface area contributed by atoms with Crippen LogP contribution in [0.5, 0.6) is 0 Å². The lowest BCUT2D eigenvalue weighted by Crippen LogP contribution is -2.12. The largest absolute Gasteiger partial charge is 0.407 e. The monoisotopic (exact) mass is 348 g/mol. The van der Waals surface area contributed by atoms with Gasteiger partial charge >= 0.3 is 6.01 Å². The summed E-state index contributed by atoms with van der Waals surface area (Å²) in [4.78, 5) is 12.0. The molecule has 0 unspecified atom stereocenters. The molecule has 0 fully saturated rings. The molecule has 0 aliphatic carbocycles. The highest BCUT2D eigenvalue weighted by Gasteiger charge is 2.20. The van der Waals surface area contributed by atoms with E-state index in [0.717, 1.165) is 0 Å². The summed E-state index contributed by atoms with van der Waals surface area (Å²) in [7, 11) is -3.61. The Hall–Kier alpha value is -3.01. The van der Waals surface area contributed by atoms with Crippen molar-refractivity contribution in [1.82, 2.24) is 15.4 Å². The second-order valence-corrected chi connectivity index (χ2v) is 6.84. The topological polar surface area (TPSA) is 128 Å². The lowest BCUT2D eigenvalue weighted by molar-refractivity contribution is 0.101. The number of carbonyl (C=O) groups excluding carboxylic acids is 1. The van der Waals surface area contributed by atoms with Crippen LogP contribution in [0.25, 0.3) is 0 Å². The minimum absolute atomic E-state index is 0.0455. The smallest absolute Gasteiger partial charge is 0.322 e.